The fraction of sp³-hybridized carbons (Fsp3) is 0.579. The first-order valence-corrected chi connectivity index (χ1v) is 11.5. The van der Waals surface area contributed by atoms with Crippen molar-refractivity contribution in [1.82, 2.24) is 19.9 Å². The Bertz CT molecular complexity index is 1110. The highest BCUT2D eigenvalue weighted by molar-refractivity contribution is 7.98. The number of alkyl halides is 3. The number of hydrogen-bond donors (Lipinski definition) is 0. The Kier molecular flexibility index (Phi) is 5.92. The highest BCUT2D eigenvalue weighted by Gasteiger charge is 2.54. The average molecular weight is 510 g/mol. The first-order valence-electron chi connectivity index (χ1n) is 9.89. The van der Waals surface area contributed by atoms with Crippen molar-refractivity contribution in [2.75, 3.05) is 30.8 Å². The molecule has 1 saturated heterocycles. The number of aromatic nitrogens is 3. The number of anilines is 1. The van der Waals surface area contributed by atoms with Gasteiger partial charge in [-0.25, -0.2) is 19.2 Å². The SMILES string of the molecule is CSc1nc2c3c(nc(Cl)c(F)c3n1)OC(C(F)(F)F)[C@H]1CN(C(=O)OC(C)(C)C)CCN21. The minimum atomic E-state index is -4.84. The molecule has 4 rings (SSSR count). The molecule has 8 nitrogen and oxygen atoms in total. The van der Waals surface area contributed by atoms with Crippen molar-refractivity contribution >= 4 is 46.2 Å². The summed E-state index contributed by atoms with van der Waals surface area (Å²) in [4.78, 5) is 27.3. The van der Waals surface area contributed by atoms with Crippen LogP contribution in [-0.2, 0) is 4.74 Å². The molecule has 0 saturated carbocycles. The molecule has 0 spiro atoms. The van der Waals surface area contributed by atoms with E-state index in [0.717, 1.165) is 11.8 Å². The lowest BCUT2D eigenvalue weighted by atomic mass is 10.1. The molecule has 4 heterocycles. The number of fused-ring (bicyclic) bond motifs is 2. The van der Waals surface area contributed by atoms with Gasteiger partial charge in [-0.15, -0.1) is 0 Å². The van der Waals surface area contributed by atoms with Crippen LogP contribution < -0.4 is 9.64 Å². The molecule has 1 amide bonds. The van der Waals surface area contributed by atoms with Crippen LogP contribution in [0.4, 0.5) is 28.2 Å². The molecule has 0 bridgehead atoms. The van der Waals surface area contributed by atoms with Crippen LogP contribution in [0.2, 0.25) is 5.15 Å². The lowest BCUT2D eigenvalue weighted by Crippen LogP contribution is -2.63. The number of nitrogens with zero attached hydrogens (tertiary/aromatic N) is 5. The predicted octanol–water partition coefficient (Wildman–Crippen LogP) is 4.29. The van der Waals surface area contributed by atoms with Crippen molar-refractivity contribution in [3.63, 3.8) is 0 Å². The molecule has 14 heteroatoms. The van der Waals surface area contributed by atoms with Crippen LogP contribution in [0, 0.1) is 5.82 Å². The van der Waals surface area contributed by atoms with E-state index in [1.165, 1.54) is 9.80 Å². The van der Waals surface area contributed by atoms with Gasteiger partial charge >= 0.3 is 12.3 Å². The largest absolute Gasteiger partial charge is 0.462 e. The van der Waals surface area contributed by atoms with Crippen molar-refractivity contribution < 1.29 is 31.8 Å². The van der Waals surface area contributed by atoms with Crippen LogP contribution in [0.3, 0.4) is 0 Å². The van der Waals surface area contributed by atoms with Gasteiger partial charge in [0.15, 0.2) is 16.1 Å². The summed E-state index contributed by atoms with van der Waals surface area (Å²) in [5, 5.41) is -0.619. The maximum Gasteiger partial charge on any atom is 0.427 e. The number of thioether (sulfide) groups is 1. The zero-order valence-electron chi connectivity index (χ0n) is 18.0. The Labute approximate surface area is 195 Å². The van der Waals surface area contributed by atoms with E-state index in [1.807, 2.05) is 0 Å². The maximum atomic E-state index is 14.8. The van der Waals surface area contributed by atoms with E-state index >= 15 is 0 Å². The Balaban J connectivity index is 1.86. The lowest BCUT2D eigenvalue weighted by Gasteiger charge is -2.43. The molecule has 1 unspecified atom stereocenters. The summed E-state index contributed by atoms with van der Waals surface area (Å²) in [6.45, 7) is 4.67. The minimum Gasteiger partial charge on any atom is -0.462 e. The second-order valence-electron chi connectivity index (χ2n) is 8.55. The van der Waals surface area contributed by atoms with Gasteiger partial charge in [0.1, 0.15) is 22.3 Å². The first kappa shape index (κ1) is 23.9. The molecule has 0 radical (unpaired) electrons. The maximum absolute atomic E-state index is 14.8. The van der Waals surface area contributed by atoms with Gasteiger partial charge in [0.05, 0.1) is 6.04 Å². The molecule has 33 heavy (non-hydrogen) atoms. The van der Waals surface area contributed by atoms with Gasteiger partial charge in [-0.2, -0.15) is 18.2 Å². The zero-order valence-corrected chi connectivity index (χ0v) is 19.6. The van der Waals surface area contributed by atoms with E-state index in [2.05, 4.69) is 15.0 Å². The van der Waals surface area contributed by atoms with Gasteiger partial charge in [0.25, 0.3) is 0 Å². The Hall–Kier alpha value is -2.28. The fourth-order valence-electron chi connectivity index (χ4n) is 3.77. The van der Waals surface area contributed by atoms with Gasteiger partial charge in [-0.1, -0.05) is 23.4 Å². The van der Waals surface area contributed by atoms with Crippen molar-refractivity contribution in [3.05, 3.63) is 11.0 Å². The van der Waals surface area contributed by atoms with Crippen molar-refractivity contribution in [2.24, 2.45) is 0 Å². The van der Waals surface area contributed by atoms with E-state index in [1.54, 1.807) is 27.0 Å². The van der Waals surface area contributed by atoms with Gasteiger partial charge in [0.2, 0.25) is 12.0 Å². The van der Waals surface area contributed by atoms with E-state index in [-0.39, 0.29) is 41.5 Å². The monoisotopic (exact) mass is 509 g/mol. The number of rotatable bonds is 1. The summed E-state index contributed by atoms with van der Waals surface area (Å²) >= 11 is 6.94. The number of carbonyl (C=O) groups excluding carboxylic acids is 1. The van der Waals surface area contributed by atoms with E-state index in [0.29, 0.717) is 0 Å². The third-order valence-corrected chi connectivity index (χ3v) is 5.91. The summed E-state index contributed by atoms with van der Waals surface area (Å²) in [5.41, 5.74) is -1.10. The second-order valence-corrected chi connectivity index (χ2v) is 9.68. The second kappa shape index (κ2) is 8.19. The highest BCUT2D eigenvalue weighted by Crippen LogP contribution is 2.43. The summed E-state index contributed by atoms with van der Waals surface area (Å²) in [6, 6.07) is -1.39. The average Bonchev–Trinajstić information content (AvgIpc) is 2.85. The molecule has 1 fully saturated rings. The number of halogens is 5. The molecule has 180 valence electrons. The van der Waals surface area contributed by atoms with Crippen LogP contribution in [0.15, 0.2) is 5.16 Å². The predicted molar refractivity (Wildman–Crippen MR) is 113 cm³/mol. The van der Waals surface area contributed by atoms with Gasteiger partial charge in [-0.05, 0) is 27.0 Å². The molecular weight excluding hydrogens is 490 g/mol. The number of piperazine rings is 1. The standard InChI is InChI=1S/C19H20ClF4N5O3S/c1-18(2,3)32-17(30)28-5-6-29-8(7-28)12(19(22,23)24)31-15-9-11(10(21)13(20)26-15)25-16(33-4)27-14(9)29/h8,12H,5-7H2,1-4H3/t8-,12?/m1/s1. The molecule has 2 aliphatic rings. The molecule has 0 aliphatic carbocycles. The van der Waals surface area contributed by atoms with Crippen molar-refractivity contribution in [1.29, 1.82) is 0 Å². The van der Waals surface area contributed by atoms with E-state index in [9.17, 15) is 22.4 Å². The summed E-state index contributed by atoms with van der Waals surface area (Å²) in [5.74, 6) is -1.45. The van der Waals surface area contributed by atoms with Crippen molar-refractivity contribution in [2.45, 2.75) is 49.9 Å². The summed E-state index contributed by atoms with van der Waals surface area (Å²) < 4.78 is 67.9. The number of ether oxygens (including phenoxy) is 2. The van der Waals surface area contributed by atoms with E-state index in [4.69, 9.17) is 21.1 Å². The first-order chi connectivity index (χ1) is 15.3. The number of carbonyl (C=O) groups is 1. The zero-order chi connectivity index (χ0) is 24.3. The van der Waals surface area contributed by atoms with Crippen LogP contribution >= 0.6 is 23.4 Å². The van der Waals surface area contributed by atoms with Crippen LogP contribution in [0.25, 0.3) is 10.9 Å². The van der Waals surface area contributed by atoms with Crippen molar-refractivity contribution in [3.8, 4) is 5.88 Å². The third-order valence-electron chi connectivity index (χ3n) is 5.11. The molecule has 0 N–H and O–H groups in total. The normalized spacial score (nSPS) is 20.9. The number of pyridine rings is 1. The smallest absolute Gasteiger partial charge is 0.427 e. The van der Waals surface area contributed by atoms with Gasteiger partial charge in [-0.3, -0.25) is 0 Å². The quantitative estimate of drug-likeness (QED) is 0.244. The Morgan fingerprint density at radius 2 is 1.91 bits per heavy atom. The molecule has 0 aromatic carbocycles. The van der Waals surface area contributed by atoms with Crippen LogP contribution in [-0.4, -0.2) is 75.8 Å². The Morgan fingerprint density at radius 3 is 2.52 bits per heavy atom. The molecule has 2 aliphatic heterocycles. The van der Waals surface area contributed by atoms with Crippen LogP contribution in [0.5, 0.6) is 5.88 Å². The third kappa shape index (κ3) is 4.44. The van der Waals surface area contributed by atoms with E-state index < -0.39 is 46.9 Å². The highest BCUT2D eigenvalue weighted by atomic mass is 35.5. The van der Waals surface area contributed by atoms with Gasteiger partial charge < -0.3 is 19.3 Å². The summed E-state index contributed by atoms with van der Waals surface area (Å²) in [7, 11) is 0. The Morgan fingerprint density at radius 1 is 1.21 bits per heavy atom. The fourth-order valence-corrected chi connectivity index (χ4v) is 4.30. The molecule has 2 aromatic rings. The molecule has 2 atom stereocenters. The van der Waals surface area contributed by atoms with Gasteiger partial charge in [0, 0.05) is 19.6 Å². The number of hydrogen-bond acceptors (Lipinski definition) is 8. The lowest BCUT2D eigenvalue weighted by molar-refractivity contribution is -0.203. The molecule has 2 aromatic heterocycles. The topological polar surface area (TPSA) is 80.7 Å². The molecular formula is C19H20ClF4N5O3S. The number of amides is 1. The van der Waals surface area contributed by atoms with Crippen LogP contribution in [0.1, 0.15) is 20.8 Å². The summed E-state index contributed by atoms with van der Waals surface area (Å²) in [6.07, 6.45) is -6.33. The minimum absolute atomic E-state index is 0.0243.